The molecule has 7 heteroatoms. The molecule has 2 aliphatic rings. The van der Waals surface area contributed by atoms with Crippen LogP contribution in [0, 0.1) is 5.92 Å². The molecule has 2 heterocycles. The van der Waals surface area contributed by atoms with Gasteiger partial charge in [0.05, 0.1) is 4.90 Å². The largest absolute Gasteiger partial charge is 0.353 e. The number of fused-ring (bicyclic) bond motifs is 1. The van der Waals surface area contributed by atoms with Crippen molar-refractivity contribution < 1.29 is 13.2 Å². The molecule has 29 heavy (non-hydrogen) atoms. The lowest BCUT2D eigenvalue weighted by Crippen LogP contribution is -2.45. The Morgan fingerprint density at radius 1 is 1.00 bits per heavy atom. The van der Waals surface area contributed by atoms with E-state index in [0.717, 1.165) is 23.7 Å². The Kier molecular flexibility index (Phi) is 5.97. The second kappa shape index (κ2) is 8.48. The molecule has 2 fully saturated rings. The number of aryl methyl sites for hydroxylation is 1. The van der Waals surface area contributed by atoms with E-state index >= 15 is 0 Å². The summed E-state index contributed by atoms with van der Waals surface area (Å²) in [6.07, 6.45) is 10.1. The average molecular weight is 418 g/mol. The molecule has 1 N–H and O–H groups in total. The lowest BCUT2D eigenvalue weighted by Gasteiger charge is -2.31. The molecule has 0 radical (unpaired) electrons. The molecule has 1 saturated carbocycles. The molecule has 0 spiro atoms. The zero-order chi connectivity index (χ0) is 20.4. The fourth-order valence-corrected chi connectivity index (χ4v) is 6.18. The third-order valence-electron chi connectivity index (χ3n) is 6.52. The highest BCUT2D eigenvalue weighted by molar-refractivity contribution is 7.89. The van der Waals surface area contributed by atoms with E-state index in [1.54, 1.807) is 12.1 Å². The van der Waals surface area contributed by atoms with E-state index in [-0.39, 0.29) is 11.8 Å². The summed E-state index contributed by atoms with van der Waals surface area (Å²) in [5, 5.41) is 4.15. The second-order valence-corrected chi connectivity index (χ2v) is 10.5. The fraction of sp³-hybridized carbons (Fsp3) is 0.591. The Labute approximate surface area is 173 Å². The molecule has 1 aliphatic heterocycles. The van der Waals surface area contributed by atoms with Gasteiger partial charge < -0.3 is 9.88 Å². The number of hydrogen-bond acceptors (Lipinski definition) is 3. The minimum atomic E-state index is -3.53. The van der Waals surface area contributed by atoms with Crippen LogP contribution < -0.4 is 5.32 Å². The summed E-state index contributed by atoms with van der Waals surface area (Å²) in [6, 6.07) is 7.51. The first-order chi connectivity index (χ1) is 13.9. The van der Waals surface area contributed by atoms with Crippen LogP contribution in [0.4, 0.5) is 0 Å². The van der Waals surface area contributed by atoms with Gasteiger partial charge in [-0.25, -0.2) is 8.42 Å². The van der Waals surface area contributed by atoms with Gasteiger partial charge in [-0.2, -0.15) is 4.31 Å². The Morgan fingerprint density at radius 3 is 2.38 bits per heavy atom. The van der Waals surface area contributed by atoms with E-state index < -0.39 is 10.0 Å². The Balaban J connectivity index is 1.38. The second-order valence-electron chi connectivity index (χ2n) is 8.52. The zero-order valence-electron chi connectivity index (χ0n) is 17.1. The van der Waals surface area contributed by atoms with Crippen molar-refractivity contribution in [2.24, 2.45) is 13.0 Å². The number of nitrogens with one attached hydrogen (secondary N) is 1. The normalized spacial score (nSPS) is 20.6. The van der Waals surface area contributed by atoms with Gasteiger partial charge in [-0.05, 0) is 49.9 Å². The standard InChI is InChI=1S/C22H31N3O3S/c1-24-13-10-18-16-20(8-9-21(18)24)29(27,28)25-14-11-17(12-15-25)22(26)23-19-6-4-2-3-5-7-19/h8-10,13,16-17,19H,2-7,11-12,14-15H2,1H3,(H,23,26). The molecule has 6 nitrogen and oxygen atoms in total. The molecular weight excluding hydrogens is 386 g/mol. The zero-order valence-corrected chi connectivity index (χ0v) is 18.0. The van der Waals surface area contributed by atoms with Crippen LogP contribution in [0.15, 0.2) is 35.4 Å². The first-order valence-electron chi connectivity index (χ1n) is 10.8. The van der Waals surface area contributed by atoms with Gasteiger partial charge in [-0.1, -0.05) is 25.7 Å². The fourth-order valence-electron chi connectivity index (χ4n) is 4.67. The molecule has 2 aromatic rings. The van der Waals surface area contributed by atoms with E-state index in [4.69, 9.17) is 0 Å². The molecule has 1 saturated heterocycles. The highest BCUT2D eigenvalue weighted by atomic mass is 32.2. The van der Waals surface area contributed by atoms with Gasteiger partial charge in [0.2, 0.25) is 15.9 Å². The highest BCUT2D eigenvalue weighted by Gasteiger charge is 2.33. The lowest BCUT2D eigenvalue weighted by molar-refractivity contribution is -0.126. The monoisotopic (exact) mass is 417 g/mol. The van der Waals surface area contributed by atoms with Crippen molar-refractivity contribution in [1.82, 2.24) is 14.2 Å². The van der Waals surface area contributed by atoms with Crippen molar-refractivity contribution in [3.63, 3.8) is 0 Å². The number of sulfonamides is 1. The Hall–Kier alpha value is -1.86. The summed E-state index contributed by atoms with van der Waals surface area (Å²) >= 11 is 0. The summed E-state index contributed by atoms with van der Waals surface area (Å²) in [5.41, 5.74) is 1.01. The third kappa shape index (κ3) is 4.36. The predicted octanol–water partition coefficient (Wildman–Crippen LogP) is 3.42. The van der Waals surface area contributed by atoms with Crippen LogP contribution >= 0.6 is 0 Å². The van der Waals surface area contributed by atoms with Crippen LogP contribution in [-0.4, -0.2) is 42.3 Å². The number of aromatic nitrogens is 1. The number of rotatable bonds is 4. The van der Waals surface area contributed by atoms with E-state index in [1.165, 1.54) is 30.0 Å². The molecule has 1 aromatic heterocycles. The van der Waals surface area contributed by atoms with Crippen molar-refractivity contribution in [2.45, 2.75) is 62.3 Å². The minimum Gasteiger partial charge on any atom is -0.353 e. The van der Waals surface area contributed by atoms with Crippen molar-refractivity contribution in [3.05, 3.63) is 30.5 Å². The molecular formula is C22H31N3O3S. The summed E-state index contributed by atoms with van der Waals surface area (Å²) in [6.45, 7) is 0.801. The van der Waals surface area contributed by atoms with E-state index in [1.807, 2.05) is 29.9 Å². The number of carbonyl (C=O) groups excluding carboxylic acids is 1. The smallest absolute Gasteiger partial charge is 0.243 e. The summed E-state index contributed by atoms with van der Waals surface area (Å²) in [5.74, 6) is 0.0287. The number of nitrogens with zero attached hydrogens (tertiary/aromatic N) is 2. The quantitative estimate of drug-likeness (QED) is 0.775. The summed E-state index contributed by atoms with van der Waals surface area (Å²) < 4.78 is 29.7. The maximum atomic E-state index is 13.1. The minimum absolute atomic E-state index is 0.0821. The first-order valence-corrected chi connectivity index (χ1v) is 12.2. The number of carbonyl (C=O) groups is 1. The van der Waals surface area contributed by atoms with Crippen molar-refractivity contribution in [2.75, 3.05) is 13.1 Å². The van der Waals surface area contributed by atoms with Crippen LogP contribution in [0.3, 0.4) is 0 Å². The van der Waals surface area contributed by atoms with Gasteiger partial charge in [0.15, 0.2) is 0 Å². The molecule has 1 amide bonds. The van der Waals surface area contributed by atoms with Crippen molar-refractivity contribution in [1.29, 1.82) is 0 Å². The maximum Gasteiger partial charge on any atom is 0.243 e. The van der Waals surface area contributed by atoms with Gasteiger partial charge in [-0.3, -0.25) is 4.79 Å². The first kappa shape index (κ1) is 20.4. The molecule has 0 atom stereocenters. The van der Waals surface area contributed by atoms with Gasteiger partial charge in [0, 0.05) is 49.2 Å². The molecule has 0 bridgehead atoms. The van der Waals surface area contributed by atoms with Gasteiger partial charge in [0.25, 0.3) is 0 Å². The topological polar surface area (TPSA) is 71.4 Å². The molecule has 158 valence electrons. The van der Waals surface area contributed by atoms with Crippen molar-refractivity contribution >= 4 is 26.8 Å². The molecule has 1 aliphatic carbocycles. The Morgan fingerprint density at radius 2 is 1.69 bits per heavy atom. The Bertz CT molecular complexity index is 966. The summed E-state index contributed by atoms with van der Waals surface area (Å²) in [4.78, 5) is 13.0. The van der Waals surface area contributed by atoms with Crippen LogP contribution in [-0.2, 0) is 21.9 Å². The van der Waals surface area contributed by atoms with Crippen LogP contribution in [0.5, 0.6) is 0 Å². The van der Waals surface area contributed by atoms with E-state index in [0.29, 0.717) is 36.9 Å². The van der Waals surface area contributed by atoms with E-state index in [2.05, 4.69) is 5.32 Å². The van der Waals surface area contributed by atoms with Gasteiger partial charge >= 0.3 is 0 Å². The number of amides is 1. The van der Waals surface area contributed by atoms with Crippen molar-refractivity contribution in [3.8, 4) is 0 Å². The highest BCUT2D eigenvalue weighted by Crippen LogP contribution is 2.27. The van der Waals surface area contributed by atoms with E-state index in [9.17, 15) is 13.2 Å². The maximum absolute atomic E-state index is 13.1. The summed E-state index contributed by atoms with van der Waals surface area (Å²) in [7, 11) is -1.59. The molecule has 1 aromatic carbocycles. The third-order valence-corrected chi connectivity index (χ3v) is 8.42. The number of benzene rings is 1. The van der Waals surface area contributed by atoms with Crippen LogP contribution in [0.25, 0.3) is 10.9 Å². The van der Waals surface area contributed by atoms with Crippen LogP contribution in [0.1, 0.15) is 51.4 Å². The van der Waals surface area contributed by atoms with Crippen LogP contribution in [0.2, 0.25) is 0 Å². The lowest BCUT2D eigenvalue weighted by atomic mass is 9.96. The predicted molar refractivity (Wildman–Crippen MR) is 114 cm³/mol. The number of piperidine rings is 1. The average Bonchev–Trinajstić information content (AvgIpc) is 2.92. The van der Waals surface area contributed by atoms with Gasteiger partial charge in [0.1, 0.15) is 0 Å². The SMILES string of the molecule is Cn1ccc2cc(S(=O)(=O)N3CCC(C(=O)NC4CCCCCC4)CC3)ccc21. The number of hydrogen-bond donors (Lipinski definition) is 1. The molecule has 4 rings (SSSR count). The van der Waals surface area contributed by atoms with Gasteiger partial charge in [-0.15, -0.1) is 0 Å². The molecule has 0 unspecified atom stereocenters.